The first-order valence-corrected chi connectivity index (χ1v) is 5.74. The van der Waals surface area contributed by atoms with Gasteiger partial charge in [0.25, 0.3) is 0 Å². The Hall–Kier alpha value is -0.570. The van der Waals surface area contributed by atoms with Crippen molar-refractivity contribution in [3.05, 3.63) is 0 Å². The average Bonchev–Trinajstić information content (AvgIpc) is 2.50. The van der Waals surface area contributed by atoms with Gasteiger partial charge in [-0.2, -0.15) is 0 Å². The molecule has 14 heavy (non-hydrogen) atoms. The van der Waals surface area contributed by atoms with Crippen molar-refractivity contribution >= 4 is 5.91 Å². The number of rotatable bonds is 3. The molecule has 2 aliphatic rings. The Morgan fingerprint density at radius 2 is 2.29 bits per heavy atom. The van der Waals surface area contributed by atoms with Gasteiger partial charge in [0.15, 0.2) is 0 Å². The van der Waals surface area contributed by atoms with Gasteiger partial charge in [0.1, 0.15) is 0 Å². The summed E-state index contributed by atoms with van der Waals surface area (Å²) in [7, 11) is 0. The maximum absolute atomic E-state index is 11.8. The highest BCUT2D eigenvalue weighted by Gasteiger charge is 2.35. The minimum absolute atomic E-state index is 0.196. The molecule has 0 spiro atoms. The second kappa shape index (κ2) is 3.89. The van der Waals surface area contributed by atoms with Gasteiger partial charge in [0.05, 0.1) is 5.54 Å². The van der Waals surface area contributed by atoms with Gasteiger partial charge in [0.2, 0.25) is 5.91 Å². The van der Waals surface area contributed by atoms with Crippen molar-refractivity contribution in [3.8, 4) is 0 Å². The predicted molar refractivity (Wildman–Crippen MR) is 56.0 cm³/mol. The quantitative estimate of drug-likeness (QED) is 0.708. The fraction of sp³-hybridized carbons (Fsp3) is 0.909. The highest BCUT2D eigenvalue weighted by Crippen LogP contribution is 2.25. The van der Waals surface area contributed by atoms with E-state index in [2.05, 4.69) is 10.6 Å². The van der Waals surface area contributed by atoms with Crippen LogP contribution in [0.1, 0.15) is 39.0 Å². The van der Waals surface area contributed by atoms with Crippen LogP contribution in [0.3, 0.4) is 0 Å². The van der Waals surface area contributed by atoms with Crippen LogP contribution in [0, 0.1) is 5.92 Å². The minimum atomic E-state index is -0.288. The lowest BCUT2D eigenvalue weighted by Crippen LogP contribution is -2.52. The summed E-state index contributed by atoms with van der Waals surface area (Å²) in [6.45, 7) is 3.87. The lowest BCUT2D eigenvalue weighted by molar-refractivity contribution is -0.126. The SMILES string of the molecule is CC1(C(=O)NCC2CCC2)CCCN1. The summed E-state index contributed by atoms with van der Waals surface area (Å²) in [5, 5.41) is 6.35. The Kier molecular flexibility index (Phi) is 2.77. The number of amides is 1. The van der Waals surface area contributed by atoms with E-state index in [0.717, 1.165) is 31.8 Å². The van der Waals surface area contributed by atoms with E-state index in [0.29, 0.717) is 0 Å². The van der Waals surface area contributed by atoms with E-state index < -0.39 is 0 Å². The van der Waals surface area contributed by atoms with Gasteiger partial charge >= 0.3 is 0 Å². The third-order valence-electron chi connectivity index (χ3n) is 3.65. The van der Waals surface area contributed by atoms with Gasteiger partial charge in [-0.1, -0.05) is 6.42 Å². The van der Waals surface area contributed by atoms with Crippen molar-refractivity contribution < 1.29 is 4.79 Å². The summed E-state index contributed by atoms with van der Waals surface area (Å²) in [5.74, 6) is 0.950. The smallest absolute Gasteiger partial charge is 0.240 e. The zero-order valence-electron chi connectivity index (χ0n) is 8.94. The van der Waals surface area contributed by atoms with Crippen LogP contribution in [-0.4, -0.2) is 24.5 Å². The van der Waals surface area contributed by atoms with Crippen LogP contribution >= 0.6 is 0 Å². The molecule has 3 heteroatoms. The lowest BCUT2D eigenvalue weighted by atomic mass is 9.85. The van der Waals surface area contributed by atoms with Crippen LogP contribution in [0.15, 0.2) is 0 Å². The minimum Gasteiger partial charge on any atom is -0.354 e. The molecule has 1 amide bonds. The molecular weight excluding hydrogens is 176 g/mol. The summed E-state index contributed by atoms with van der Waals surface area (Å²) in [6, 6.07) is 0. The molecular formula is C11H20N2O. The zero-order chi connectivity index (χ0) is 10.0. The van der Waals surface area contributed by atoms with Crippen LogP contribution in [0.4, 0.5) is 0 Å². The normalized spacial score (nSPS) is 32.6. The molecule has 1 aliphatic heterocycles. The van der Waals surface area contributed by atoms with Gasteiger partial charge in [-0.05, 0) is 45.1 Å². The van der Waals surface area contributed by atoms with Crippen LogP contribution < -0.4 is 10.6 Å². The van der Waals surface area contributed by atoms with E-state index in [1.54, 1.807) is 0 Å². The summed E-state index contributed by atoms with van der Waals surface area (Å²) in [4.78, 5) is 11.8. The number of hydrogen-bond donors (Lipinski definition) is 2. The first-order valence-electron chi connectivity index (χ1n) is 5.74. The van der Waals surface area contributed by atoms with E-state index in [1.165, 1.54) is 19.3 Å². The monoisotopic (exact) mass is 196 g/mol. The van der Waals surface area contributed by atoms with E-state index in [9.17, 15) is 4.79 Å². The first kappa shape index (κ1) is 9.97. The van der Waals surface area contributed by atoms with E-state index in [1.807, 2.05) is 6.92 Å². The third-order valence-corrected chi connectivity index (χ3v) is 3.65. The van der Waals surface area contributed by atoms with Crippen LogP contribution in [0.5, 0.6) is 0 Å². The number of hydrogen-bond acceptors (Lipinski definition) is 2. The van der Waals surface area contributed by atoms with Gasteiger partial charge in [-0.25, -0.2) is 0 Å². The molecule has 1 atom stereocenters. The van der Waals surface area contributed by atoms with Crippen LogP contribution in [0.2, 0.25) is 0 Å². The number of carbonyl (C=O) groups is 1. The van der Waals surface area contributed by atoms with Gasteiger partial charge in [-0.3, -0.25) is 4.79 Å². The molecule has 3 nitrogen and oxygen atoms in total. The Balaban J connectivity index is 1.76. The highest BCUT2D eigenvalue weighted by molar-refractivity contribution is 5.86. The molecule has 0 radical (unpaired) electrons. The predicted octanol–water partition coefficient (Wildman–Crippen LogP) is 1.04. The molecule has 0 aromatic heterocycles. The van der Waals surface area contributed by atoms with Gasteiger partial charge < -0.3 is 10.6 Å². The summed E-state index contributed by atoms with van der Waals surface area (Å²) in [6.07, 6.45) is 6.03. The first-order chi connectivity index (χ1) is 6.71. The maximum atomic E-state index is 11.8. The van der Waals surface area contributed by atoms with Gasteiger partial charge in [-0.15, -0.1) is 0 Å². The average molecular weight is 196 g/mol. The molecule has 1 heterocycles. The van der Waals surface area contributed by atoms with Crippen LogP contribution in [0.25, 0.3) is 0 Å². The van der Waals surface area contributed by atoms with Crippen molar-refractivity contribution in [3.63, 3.8) is 0 Å². The molecule has 2 fully saturated rings. The molecule has 0 aromatic carbocycles. The Bertz CT molecular complexity index is 217. The lowest BCUT2D eigenvalue weighted by Gasteiger charge is -2.28. The number of nitrogens with one attached hydrogen (secondary N) is 2. The largest absolute Gasteiger partial charge is 0.354 e. The van der Waals surface area contributed by atoms with E-state index >= 15 is 0 Å². The summed E-state index contributed by atoms with van der Waals surface area (Å²) >= 11 is 0. The molecule has 0 aromatic rings. The van der Waals surface area contributed by atoms with E-state index in [-0.39, 0.29) is 11.4 Å². The van der Waals surface area contributed by atoms with Crippen molar-refractivity contribution in [1.29, 1.82) is 0 Å². The topological polar surface area (TPSA) is 41.1 Å². The molecule has 1 saturated carbocycles. The maximum Gasteiger partial charge on any atom is 0.240 e. The standard InChI is InChI=1S/C11H20N2O/c1-11(6-3-7-13-11)10(14)12-8-9-4-2-5-9/h9,13H,2-8H2,1H3,(H,12,14). The van der Waals surface area contributed by atoms with E-state index in [4.69, 9.17) is 0 Å². The van der Waals surface area contributed by atoms with Gasteiger partial charge in [0, 0.05) is 6.54 Å². The molecule has 1 aliphatic carbocycles. The summed E-state index contributed by atoms with van der Waals surface area (Å²) < 4.78 is 0. The fourth-order valence-electron chi connectivity index (χ4n) is 2.22. The Morgan fingerprint density at radius 3 is 2.79 bits per heavy atom. The second-order valence-electron chi connectivity index (χ2n) is 4.87. The van der Waals surface area contributed by atoms with Crippen molar-refractivity contribution in [2.24, 2.45) is 5.92 Å². The molecule has 1 saturated heterocycles. The van der Waals surface area contributed by atoms with Crippen LogP contribution in [-0.2, 0) is 4.79 Å². The number of carbonyl (C=O) groups excluding carboxylic acids is 1. The summed E-state index contributed by atoms with van der Waals surface area (Å²) in [5.41, 5.74) is -0.288. The molecule has 2 rings (SSSR count). The van der Waals surface area contributed by atoms with Crippen molar-refractivity contribution in [2.75, 3.05) is 13.1 Å². The third kappa shape index (κ3) is 1.92. The van der Waals surface area contributed by atoms with Crippen molar-refractivity contribution in [1.82, 2.24) is 10.6 Å². The van der Waals surface area contributed by atoms with Crippen molar-refractivity contribution in [2.45, 2.75) is 44.6 Å². The molecule has 80 valence electrons. The Morgan fingerprint density at radius 1 is 1.50 bits per heavy atom. The Labute approximate surface area is 85.6 Å². The molecule has 0 bridgehead atoms. The zero-order valence-corrected chi connectivity index (χ0v) is 8.94. The second-order valence-corrected chi connectivity index (χ2v) is 4.87. The molecule has 1 unspecified atom stereocenters. The highest BCUT2D eigenvalue weighted by atomic mass is 16.2. The fourth-order valence-corrected chi connectivity index (χ4v) is 2.22. The molecule has 2 N–H and O–H groups in total.